The van der Waals surface area contributed by atoms with Gasteiger partial charge in [0.2, 0.25) is 0 Å². The van der Waals surface area contributed by atoms with Crippen LogP contribution in [0.3, 0.4) is 0 Å². The Labute approximate surface area is 72.9 Å². The van der Waals surface area contributed by atoms with Gasteiger partial charge >= 0.3 is 5.97 Å². The topological polar surface area (TPSA) is 94.8 Å². The van der Waals surface area contributed by atoms with Crippen molar-refractivity contribution in [3.8, 4) is 11.5 Å². The number of carbonyl (C=O) groups is 2. The van der Waals surface area contributed by atoms with E-state index in [1.54, 1.807) is 0 Å². The molecule has 68 valence electrons. The molecule has 0 spiro atoms. The van der Waals surface area contributed by atoms with Crippen molar-refractivity contribution < 1.29 is 24.9 Å². The van der Waals surface area contributed by atoms with Gasteiger partial charge < -0.3 is 15.3 Å². The molecule has 1 aromatic carbocycles. The highest BCUT2D eigenvalue weighted by molar-refractivity contribution is 5.97. The lowest BCUT2D eigenvalue weighted by Crippen LogP contribution is -1.99. The Morgan fingerprint density at radius 1 is 1.31 bits per heavy atom. The smallest absolute Gasteiger partial charge is 0.343 e. The van der Waals surface area contributed by atoms with Crippen LogP contribution in [0.25, 0.3) is 0 Å². The lowest BCUT2D eigenvalue weighted by Gasteiger charge is -2.03. The third kappa shape index (κ3) is 1.44. The predicted molar refractivity (Wildman–Crippen MR) is 42.1 cm³/mol. The highest BCUT2D eigenvalue weighted by atomic mass is 16.4. The molecular weight excluding hydrogens is 176 g/mol. The maximum atomic E-state index is 10.5. The van der Waals surface area contributed by atoms with E-state index in [0.717, 1.165) is 12.1 Å². The summed E-state index contributed by atoms with van der Waals surface area (Å²) in [6, 6.07) is 2.16. The first-order valence-corrected chi connectivity index (χ1v) is 3.31. The first-order valence-electron chi connectivity index (χ1n) is 3.31. The summed E-state index contributed by atoms with van der Waals surface area (Å²) < 4.78 is 0. The largest absolute Gasteiger partial charge is 0.507 e. The second-order valence-corrected chi connectivity index (χ2v) is 2.32. The van der Waals surface area contributed by atoms with Crippen molar-refractivity contribution in [2.24, 2.45) is 0 Å². The highest BCUT2D eigenvalue weighted by Gasteiger charge is 2.17. The van der Waals surface area contributed by atoms with E-state index in [9.17, 15) is 9.59 Å². The average Bonchev–Trinajstić information content (AvgIpc) is 2.04. The third-order valence-electron chi connectivity index (χ3n) is 1.53. The summed E-state index contributed by atoms with van der Waals surface area (Å²) in [5.41, 5.74) is -0.834. The zero-order chi connectivity index (χ0) is 10.0. The standard InChI is InChI=1S/C8H6O5/c9-3-4-1-2-5(10)6(7(4)11)8(12)13/h1-3,10-11H,(H,12,13). The molecule has 5 nitrogen and oxygen atoms in total. The van der Waals surface area contributed by atoms with Gasteiger partial charge in [-0.15, -0.1) is 0 Å². The molecule has 0 amide bonds. The Morgan fingerprint density at radius 2 is 1.92 bits per heavy atom. The third-order valence-corrected chi connectivity index (χ3v) is 1.53. The Balaban J connectivity index is 3.47. The molecule has 1 aromatic rings. The number of aldehydes is 1. The minimum absolute atomic E-state index is 0.171. The number of carbonyl (C=O) groups excluding carboxylic acids is 1. The fourth-order valence-electron chi connectivity index (χ4n) is 0.903. The molecule has 0 aliphatic carbocycles. The van der Waals surface area contributed by atoms with E-state index >= 15 is 0 Å². The lowest BCUT2D eigenvalue weighted by molar-refractivity contribution is 0.0690. The molecule has 1 rings (SSSR count). The molecule has 0 heterocycles. The number of phenols is 2. The van der Waals surface area contributed by atoms with Crippen molar-refractivity contribution >= 4 is 12.3 Å². The zero-order valence-electron chi connectivity index (χ0n) is 6.39. The second kappa shape index (κ2) is 3.14. The Bertz CT molecular complexity index is 369. The summed E-state index contributed by atoms with van der Waals surface area (Å²) in [6.07, 6.45) is 0.307. The van der Waals surface area contributed by atoms with Crippen molar-refractivity contribution in [1.29, 1.82) is 0 Å². The molecular formula is C8H6O5. The van der Waals surface area contributed by atoms with Crippen LogP contribution in [0.1, 0.15) is 20.7 Å². The minimum atomic E-state index is -1.49. The number of benzene rings is 1. The van der Waals surface area contributed by atoms with Gasteiger partial charge in [-0.3, -0.25) is 4.79 Å². The molecule has 0 fully saturated rings. The summed E-state index contributed by atoms with van der Waals surface area (Å²) in [4.78, 5) is 20.8. The number of aromatic carboxylic acids is 1. The molecule has 0 atom stereocenters. The van der Waals surface area contributed by atoms with Gasteiger partial charge in [-0.2, -0.15) is 0 Å². The number of aromatic hydroxyl groups is 2. The van der Waals surface area contributed by atoms with Crippen LogP contribution in [0.5, 0.6) is 11.5 Å². The van der Waals surface area contributed by atoms with Gasteiger partial charge in [-0.25, -0.2) is 4.79 Å². The predicted octanol–water partition coefficient (Wildman–Crippen LogP) is 0.609. The summed E-state index contributed by atoms with van der Waals surface area (Å²) in [5, 5.41) is 26.7. The number of carboxylic acids is 1. The monoisotopic (exact) mass is 182 g/mol. The van der Waals surface area contributed by atoms with E-state index in [-0.39, 0.29) is 5.56 Å². The van der Waals surface area contributed by atoms with Crippen LogP contribution in [-0.2, 0) is 0 Å². The average molecular weight is 182 g/mol. The number of rotatable bonds is 2. The van der Waals surface area contributed by atoms with Crippen molar-refractivity contribution in [3.05, 3.63) is 23.3 Å². The minimum Gasteiger partial charge on any atom is -0.507 e. The van der Waals surface area contributed by atoms with Crippen molar-refractivity contribution in [3.63, 3.8) is 0 Å². The molecule has 0 radical (unpaired) electrons. The summed E-state index contributed by atoms with van der Waals surface area (Å²) in [7, 11) is 0. The first-order chi connectivity index (χ1) is 6.07. The lowest BCUT2D eigenvalue weighted by atomic mass is 10.1. The highest BCUT2D eigenvalue weighted by Crippen LogP contribution is 2.29. The molecule has 3 N–H and O–H groups in total. The van der Waals surface area contributed by atoms with Crippen LogP contribution in [0.15, 0.2) is 12.1 Å². The maximum absolute atomic E-state index is 10.5. The van der Waals surface area contributed by atoms with Crippen LogP contribution in [0.2, 0.25) is 0 Å². The molecule has 5 heteroatoms. The quantitative estimate of drug-likeness (QED) is 0.582. The fraction of sp³-hybridized carbons (Fsp3) is 0. The van der Waals surface area contributed by atoms with Gasteiger partial charge in [-0.1, -0.05) is 0 Å². The normalized spacial score (nSPS) is 9.54. The van der Waals surface area contributed by atoms with E-state index in [1.165, 1.54) is 0 Å². The summed E-state index contributed by atoms with van der Waals surface area (Å²) in [6.45, 7) is 0. The van der Waals surface area contributed by atoms with E-state index < -0.39 is 23.0 Å². The molecule has 0 saturated carbocycles. The number of hydrogen-bond acceptors (Lipinski definition) is 4. The van der Waals surface area contributed by atoms with Crippen molar-refractivity contribution in [2.75, 3.05) is 0 Å². The van der Waals surface area contributed by atoms with Gasteiger partial charge in [0, 0.05) is 0 Å². The van der Waals surface area contributed by atoms with Crippen LogP contribution in [-0.4, -0.2) is 27.6 Å². The van der Waals surface area contributed by atoms with Crippen molar-refractivity contribution in [1.82, 2.24) is 0 Å². The maximum Gasteiger partial charge on any atom is 0.343 e. The van der Waals surface area contributed by atoms with E-state index in [1.807, 2.05) is 0 Å². The molecule has 0 bridgehead atoms. The van der Waals surface area contributed by atoms with Gasteiger partial charge in [0.15, 0.2) is 6.29 Å². The Kier molecular flexibility index (Phi) is 2.19. The summed E-state index contributed by atoms with van der Waals surface area (Å²) >= 11 is 0. The van der Waals surface area contributed by atoms with E-state index in [0.29, 0.717) is 6.29 Å². The first kappa shape index (κ1) is 9.05. The fourth-order valence-corrected chi connectivity index (χ4v) is 0.903. The van der Waals surface area contributed by atoms with Crippen LogP contribution in [0, 0.1) is 0 Å². The van der Waals surface area contributed by atoms with Gasteiger partial charge in [-0.05, 0) is 12.1 Å². The van der Waals surface area contributed by atoms with Crippen LogP contribution >= 0.6 is 0 Å². The molecule has 13 heavy (non-hydrogen) atoms. The Hall–Kier alpha value is -2.04. The number of carboxylic acid groups (broad SMARTS) is 1. The van der Waals surface area contributed by atoms with E-state index in [4.69, 9.17) is 15.3 Å². The molecule has 0 aromatic heterocycles. The molecule has 0 saturated heterocycles. The van der Waals surface area contributed by atoms with Gasteiger partial charge in [0.25, 0.3) is 0 Å². The number of hydrogen-bond donors (Lipinski definition) is 3. The van der Waals surface area contributed by atoms with Gasteiger partial charge in [0.1, 0.15) is 17.1 Å². The van der Waals surface area contributed by atoms with E-state index in [2.05, 4.69) is 0 Å². The molecule has 0 aliphatic heterocycles. The Morgan fingerprint density at radius 3 is 2.38 bits per heavy atom. The van der Waals surface area contributed by atoms with Crippen molar-refractivity contribution in [2.45, 2.75) is 0 Å². The molecule has 0 unspecified atom stereocenters. The van der Waals surface area contributed by atoms with Crippen LogP contribution in [0.4, 0.5) is 0 Å². The zero-order valence-corrected chi connectivity index (χ0v) is 6.39. The van der Waals surface area contributed by atoms with Crippen LogP contribution < -0.4 is 0 Å². The SMILES string of the molecule is O=Cc1ccc(O)c(C(=O)O)c1O. The summed E-state index contributed by atoms with van der Waals surface area (Å²) in [5.74, 6) is -2.78. The second-order valence-electron chi connectivity index (χ2n) is 2.32. The van der Waals surface area contributed by atoms with Gasteiger partial charge in [0.05, 0.1) is 5.56 Å². The molecule has 0 aliphatic rings.